The van der Waals surface area contributed by atoms with E-state index in [1.165, 1.54) is 17.0 Å². The first-order chi connectivity index (χ1) is 16.2. The van der Waals surface area contributed by atoms with Gasteiger partial charge in [-0.2, -0.15) is 18.3 Å². The van der Waals surface area contributed by atoms with Crippen molar-refractivity contribution in [3.05, 3.63) is 82.9 Å². The average molecular weight is 474 g/mol. The van der Waals surface area contributed by atoms with Crippen molar-refractivity contribution < 1.29 is 27.2 Å². The molecule has 0 atom stereocenters. The van der Waals surface area contributed by atoms with Gasteiger partial charge in [0.1, 0.15) is 11.5 Å². The lowest BCUT2D eigenvalue weighted by Crippen LogP contribution is -2.38. The summed E-state index contributed by atoms with van der Waals surface area (Å²) in [6.45, 7) is 2.68. The Morgan fingerprint density at radius 1 is 0.912 bits per heavy atom. The van der Waals surface area contributed by atoms with Crippen molar-refractivity contribution in [2.45, 2.75) is 19.5 Å². The first kappa shape index (κ1) is 23.5. The molecule has 1 fully saturated rings. The van der Waals surface area contributed by atoms with Gasteiger partial charge < -0.3 is 9.80 Å². The molecule has 1 aliphatic rings. The zero-order valence-corrected chi connectivity index (χ0v) is 18.3. The van der Waals surface area contributed by atoms with Crippen LogP contribution in [0.25, 0.3) is 5.69 Å². The fraction of sp³-hybridized carbons (Fsp3) is 0.292. The fourth-order valence-corrected chi connectivity index (χ4v) is 4.04. The lowest BCUT2D eigenvalue weighted by Gasteiger charge is -2.23. The van der Waals surface area contributed by atoms with Crippen LogP contribution in [0, 0.1) is 12.7 Å². The number of carbonyl (C=O) groups excluding carboxylic acids is 2. The summed E-state index contributed by atoms with van der Waals surface area (Å²) >= 11 is 0. The molecule has 178 valence electrons. The van der Waals surface area contributed by atoms with Crippen LogP contribution in [0.5, 0.6) is 0 Å². The van der Waals surface area contributed by atoms with E-state index in [0.29, 0.717) is 23.2 Å². The van der Waals surface area contributed by atoms with Crippen molar-refractivity contribution in [2.75, 3.05) is 26.2 Å². The van der Waals surface area contributed by atoms with E-state index < -0.39 is 34.8 Å². The van der Waals surface area contributed by atoms with Crippen LogP contribution < -0.4 is 0 Å². The minimum absolute atomic E-state index is 0.0680. The van der Waals surface area contributed by atoms with Crippen LogP contribution in [-0.4, -0.2) is 57.6 Å². The average Bonchev–Trinajstić information content (AvgIpc) is 3.10. The molecule has 2 heterocycles. The molecule has 3 aromatic rings. The van der Waals surface area contributed by atoms with Gasteiger partial charge in [-0.05, 0) is 37.6 Å². The molecular weight excluding hydrogens is 452 g/mol. The quantitative estimate of drug-likeness (QED) is 0.531. The summed E-state index contributed by atoms with van der Waals surface area (Å²) in [5.41, 5.74) is -0.942. The maximum Gasteiger partial charge on any atom is 0.434 e. The minimum atomic E-state index is -4.94. The maximum absolute atomic E-state index is 14.2. The monoisotopic (exact) mass is 474 g/mol. The second-order valence-electron chi connectivity index (χ2n) is 8.08. The molecule has 4 rings (SSSR count). The van der Waals surface area contributed by atoms with Gasteiger partial charge in [0.25, 0.3) is 11.8 Å². The van der Waals surface area contributed by atoms with Crippen LogP contribution in [0.1, 0.15) is 38.4 Å². The molecule has 6 nitrogen and oxygen atoms in total. The number of aryl methyl sites for hydroxylation is 1. The van der Waals surface area contributed by atoms with E-state index in [1.54, 1.807) is 23.1 Å². The molecule has 0 N–H and O–H groups in total. The molecule has 0 bridgehead atoms. The molecule has 1 aliphatic heterocycles. The lowest BCUT2D eigenvalue weighted by molar-refractivity contribution is -0.143. The van der Waals surface area contributed by atoms with Crippen molar-refractivity contribution in [3.63, 3.8) is 0 Å². The van der Waals surface area contributed by atoms with Crippen LogP contribution >= 0.6 is 0 Å². The largest absolute Gasteiger partial charge is 0.434 e. The zero-order chi connectivity index (χ0) is 24.5. The van der Waals surface area contributed by atoms with Crippen LogP contribution in [0.15, 0.2) is 54.7 Å². The third kappa shape index (κ3) is 4.66. The van der Waals surface area contributed by atoms with E-state index in [-0.39, 0.29) is 25.5 Å². The van der Waals surface area contributed by atoms with Crippen molar-refractivity contribution in [1.29, 1.82) is 0 Å². The second kappa shape index (κ2) is 9.28. The number of hydrogen-bond donors (Lipinski definition) is 0. The standard InChI is InChI=1S/C24H22F4N4O2/c1-16-6-4-7-17(14-16)22(33)30-10-5-11-31(13-12-30)23(34)18-15-29-32(21(18)24(26,27)28)20-9-3-2-8-19(20)25/h2-4,6-9,14-15H,5,10-13H2,1H3. The van der Waals surface area contributed by atoms with Gasteiger partial charge in [-0.1, -0.05) is 29.8 Å². The number of benzene rings is 2. The van der Waals surface area contributed by atoms with E-state index in [0.717, 1.165) is 23.9 Å². The number of hydrogen-bond acceptors (Lipinski definition) is 3. The Morgan fingerprint density at radius 2 is 1.59 bits per heavy atom. The number of nitrogens with zero attached hydrogens (tertiary/aromatic N) is 4. The number of alkyl halides is 3. The third-order valence-corrected chi connectivity index (χ3v) is 5.68. The third-order valence-electron chi connectivity index (χ3n) is 5.68. The van der Waals surface area contributed by atoms with E-state index >= 15 is 0 Å². The highest BCUT2D eigenvalue weighted by Gasteiger charge is 2.42. The summed E-state index contributed by atoms with van der Waals surface area (Å²) in [7, 11) is 0. The van der Waals surface area contributed by atoms with Gasteiger partial charge >= 0.3 is 6.18 Å². The molecule has 0 unspecified atom stereocenters. The van der Waals surface area contributed by atoms with Crippen molar-refractivity contribution >= 4 is 11.8 Å². The Morgan fingerprint density at radius 3 is 2.24 bits per heavy atom. The number of para-hydroxylation sites is 1. The number of aromatic nitrogens is 2. The van der Waals surface area contributed by atoms with Gasteiger partial charge in [0.2, 0.25) is 0 Å². The van der Waals surface area contributed by atoms with Gasteiger partial charge in [0.05, 0.1) is 11.8 Å². The Labute approximate surface area is 193 Å². The molecule has 2 amide bonds. The summed E-state index contributed by atoms with van der Waals surface area (Å²) in [6, 6.07) is 12.0. The SMILES string of the molecule is Cc1cccc(C(=O)N2CCCN(C(=O)c3cnn(-c4ccccc4F)c3C(F)(F)F)CC2)c1. The van der Waals surface area contributed by atoms with Gasteiger partial charge in [0.15, 0.2) is 5.69 Å². The van der Waals surface area contributed by atoms with Gasteiger partial charge in [-0.15, -0.1) is 0 Å². The first-order valence-corrected chi connectivity index (χ1v) is 10.7. The van der Waals surface area contributed by atoms with Crippen LogP contribution in [0.4, 0.5) is 17.6 Å². The van der Waals surface area contributed by atoms with Crippen molar-refractivity contribution in [1.82, 2.24) is 19.6 Å². The molecule has 1 aromatic heterocycles. The number of halogens is 4. The maximum atomic E-state index is 14.2. The fourth-order valence-electron chi connectivity index (χ4n) is 4.04. The Balaban J connectivity index is 1.58. The highest BCUT2D eigenvalue weighted by molar-refractivity contribution is 5.96. The first-order valence-electron chi connectivity index (χ1n) is 10.7. The molecule has 10 heteroatoms. The molecule has 1 saturated heterocycles. The van der Waals surface area contributed by atoms with E-state index in [4.69, 9.17) is 0 Å². The highest BCUT2D eigenvalue weighted by Crippen LogP contribution is 2.34. The molecule has 0 spiro atoms. The molecule has 0 aliphatic carbocycles. The molecule has 0 saturated carbocycles. The van der Waals surface area contributed by atoms with Crippen LogP contribution in [-0.2, 0) is 6.18 Å². The van der Waals surface area contributed by atoms with Crippen molar-refractivity contribution in [3.8, 4) is 5.69 Å². The highest BCUT2D eigenvalue weighted by atomic mass is 19.4. The Hall–Kier alpha value is -3.69. The minimum Gasteiger partial charge on any atom is -0.337 e. The summed E-state index contributed by atoms with van der Waals surface area (Å²) in [5.74, 6) is -1.95. The topological polar surface area (TPSA) is 58.4 Å². The molecule has 0 radical (unpaired) electrons. The predicted molar refractivity (Wildman–Crippen MR) is 116 cm³/mol. The van der Waals surface area contributed by atoms with Crippen LogP contribution in [0.3, 0.4) is 0 Å². The summed E-state index contributed by atoms with van der Waals surface area (Å²) in [6.07, 6.45) is -3.72. The van der Waals surface area contributed by atoms with E-state index in [1.807, 2.05) is 13.0 Å². The lowest BCUT2D eigenvalue weighted by atomic mass is 10.1. The number of amides is 2. The van der Waals surface area contributed by atoms with Gasteiger partial charge in [-0.25, -0.2) is 9.07 Å². The van der Waals surface area contributed by atoms with Crippen molar-refractivity contribution in [2.24, 2.45) is 0 Å². The summed E-state index contributed by atoms with van der Waals surface area (Å²) in [4.78, 5) is 28.8. The second-order valence-corrected chi connectivity index (χ2v) is 8.08. The zero-order valence-electron chi connectivity index (χ0n) is 18.3. The summed E-state index contributed by atoms with van der Waals surface area (Å²) < 4.78 is 56.4. The molecule has 2 aromatic carbocycles. The van der Waals surface area contributed by atoms with E-state index in [2.05, 4.69) is 5.10 Å². The predicted octanol–water partition coefficient (Wildman–Crippen LogP) is 4.33. The molecule has 34 heavy (non-hydrogen) atoms. The normalized spacial score (nSPS) is 14.7. The van der Waals surface area contributed by atoms with Gasteiger partial charge in [0, 0.05) is 31.7 Å². The molecular formula is C24H22F4N4O2. The van der Waals surface area contributed by atoms with Gasteiger partial charge in [-0.3, -0.25) is 9.59 Å². The van der Waals surface area contributed by atoms with E-state index in [9.17, 15) is 27.2 Å². The number of carbonyl (C=O) groups is 2. The Kier molecular flexibility index (Phi) is 6.41. The smallest absolute Gasteiger partial charge is 0.337 e. The summed E-state index contributed by atoms with van der Waals surface area (Å²) in [5, 5.41) is 3.69. The number of rotatable bonds is 3. The Bertz CT molecular complexity index is 1220. The van der Waals surface area contributed by atoms with Crippen LogP contribution in [0.2, 0.25) is 0 Å².